The molecule has 0 aromatic heterocycles. The van der Waals surface area contributed by atoms with Gasteiger partial charge >= 0.3 is 5.97 Å². The third-order valence-corrected chi connectivity index (χ3v) is 4.60. The molecule has 1 aliphatic heterocycles. The van der Waals surface area contributed by atoms with Crippen LogP contribution in [0.15, 0.2) is 36.2 Å². The van der Waals surface area contributed by atoms with Gasteiger partial charge in [-0.05, 0) is 38.2 Å². The highest BCUT2D eigenvalue weighted by atomic mass is 16.4. The predicted molar refractivity (Wildman–Crippen MR) is 87.9 cm³/mol. The molecule has 21 heavy (non-hydrogen) atoms. The van der Waals surface area contributed by atoms with E-state index in [1.807, 2.05) is 6.08 Å². The first-order valence-electron chi connectivity index (χ1n) is 7.82. The molecule has 1 N–H and O–H groups in total. The van der Waals surface area contributed by atoms with E-state index in [4.69, 9.17) is 5.11 Å². The first-order valence-corrected chi connectivity index (χ1v) is 7.82. The molecule has 3 nitrogen and oxygen atoms in total. The highest BCUT2D eigenvalue weighted by Gasteiger charge is 2.37. The molecule has 0 spiro atoms. The number of hydrogen-bond acceptors (Lipinski definition) is 2. The monoisotopic (exact) mass is 291 g/mol. The van der Waals surface area contributed by atoms with Crippen molar-refractivity contribution >= 4 is 5.97 Å². The Kier molecular flexibility index (Phi) is 6.25. The van der Waals surface area contributed by atoms with E-state index in [1.165, 1.54) is 11.3 Å². The van der Waals surface area contributed by atoms with Crippen LogP contribution in [0.3, 0.4) is 0 Å². The molecule has 1 heterocycles. The Hall–Kier alpha value is -1.51. The van der Waals surface area contributed by atoms with Crippen molar-refractivity contribution in [2.24, 2.45) is 5.41 Å². The van der Waals surface area contributed by atoms with Crippen molar-refractivity contribution in [1.29, 1.82) is 0 Å². The van der Waals surface area contributed by atoms with Gasteiger partial charge in [-0.3, -0.25) is 4.79 Å². The van der Waals surface area contributed by atoms with Gasteiger partial charge in [-0.15, -0.1) is 6.58 Å². The number of carboxylic acid groups (broad SMARTS) is 1. The fourth-order valence-electron chi connectivity index (χ4n) is 2.83. The summed E-state index contributed by atoms with van der Waals surface area (Å²) in [6, 6.07) is 0. The van der Waals surface area contributed by atoms with Crippen LogP contribution in [-0.4, -0.2) is 22.5 Å². The fourth-order valence-corrected chi connectivity index (χ4v) is 2.83. The minimum absolute atomic E-state index is 0.0254. The highest BCUT2D eigenvalue weighted by molar-refractivity contribution is 5.66. The van der Waals surface area contributed by atoms with Gasteiger partial charge in [0.1, 0.15) is 0 Å². The van der Waals surface area contributed by atoms with E-state index in [-0.39, 0.29) is 11.8 Å². The molecule has 118 valence electrons. The molecule has 0 bridgehead atoms. The lowest BCUT2D eigenvalue weighted by Crippen LogP contribution is -2.23. The Balaban J connectivity index is 2.63. The van der Waals surface area contributed by atoms with Gasteiger partial charge < -0.3 is 10.0 Å². The van der Waals surface area contributed by atoms with Crippen molar-refractivity contribution in [3.8, 4) is 0 Å². The van der Waals surface area contributed by atoms with E-state index >= 15 is 0 Å². The van der Waals surface area contributed by atoms with Crippen molar-refractivity contribution in [2.45, 2.75) is 59.3 Å². The number of nitrogens with zero attached hydrogens (tertiary/aromatic N) is 1. The largest absolute Gasteiger partial charge is 0.481 e. The van der Waals surface area contributed by atoms with Crippen LogP contribution in [0.2, 0.25) is 0 Å². The second-order valence-corrected chi connectivity index (χ2v) is 6.33. The number of allylic oxidation sites excluding steroid dienone is 3. The summed E-state index contributed by atoms with van der Waals surface area (Å²) in [5, 5.41) is 8.67. The SMILES string of the molecule is C=CCCC1=C(C)C(C)(C)C(=C)N1CCCCCC(=O)O. The van der Waals surface area contributed by atoms with Crippen LogP contribution in [0, 0.1) is 5.41 Å². The number of carboxylic acids is 1. The predicted octanol–water partition coefficient (Wildman–Crippen LogP) is 4.73. The van der Waals surface area contributed by atoms with E-state index < -0.39 is 5.97 Å². The zero-order valence-electron chi connectivity index (χ0n) is 13.7. The first kappa shape index (κ1) is 17.5. The van der Waals surface area contributed by atoms with Gasteiger partial charge in [0.05, 0.1) is 0 Å². The van der Waals surface area contributed by atoms with Gasteiger partial charge in [0, 0.05) is 29.8 Å². The molecular weight excluding hydrogens is 262 g/mol. The molecule has 0 aliphatic carbocycles. The van der Waals surface area contributed by atoms with Gasteiger partial charge in [-0.2, -0.15) is 0 Å². The topological polar surface area (TPSA) is 40.5 Å². The molecule has 0 fully saturated rings. The van der Waals surface area contributed by atoms with E-state index in [1.54, 1.807) is 0 Å². The molecule has 0 amide bonds. The Morgan fingerprint density at radius 2 is 2.00 bits per heavy atom. The van der Waals surface area contributed by atoms with Crippen LogP contribution >= 0.6 is 0 Å². The van der Waals surface area contributed by atoms with Gasteiger partial charge in [0.15, 0.2) is 0 Å². The van der Waals surface area contributed by atoms with E-state index in [9.17, 15) is 4.79 Å². The maximum atomic E-state index is 10.5. The summed E-state index contributed by atoms with van der Waals surface area (Å²) >= 11 is 0. The summed E-state index contributed by atoms with van der Waals surface area (Å²) < 4.78 is 0. The maximum Gasteiger partial charge on any atom is 0.303 e. The lowest BCUT2D eigenvalue weighted by atomic mass is 9.84. The van der Waals surface area contributed by atoms with Gasteiger partial charge in [-0.1, -0.05) is 32.9 Å². The minimum Gasteiger partial charge on any atom is -0.481 e. The number of carbonyl (C=O) groups is 1. The van der Waals surface area contributed by atoms with E-state index in [0.717, 1.165) is 44.3 Å². The Labute approximate surface area is 129 Å². The Morgan fingerprint density at radius 3 is 2.57 bits per heavy atom. The summed E-state index contributed by atoms with van der Waals surface area (Å²) in [4.78, 5) is 12.9. The zero-order valence-corrected chi connectivity index (χ0v) is 13.7. The molecule has 0 aromatic rings. The van der Waals surface area contributed by atoms with Crippen LogP contribution in [-0.2, 0) is 4.79 Å². The fraction of sp³-hybridized carbons (Fsp3) is 0.611. The molecule has 0 atom stereocenters. The lowest BCUT2D eigenvalue weighted by Gasteiger charge is -2.28. The van der Waals surface area contributed by atoms with Crippen LogP contribution in [0.1, 0.15) is 59.3 Å². The second kappa shape index (κ2) is 7.48. The second-order valence-electron chi connectivity index (χ2n) is 6.33. The Bertz CT molecular complexity index is 446. The molecular formula is C18H29NO2. The molecule has 0 saturated heterocycles. The highest BCUT2D eigenvalue weighted by Crippen LogP contribution is 2.46. The van der Waals surface area contributed by atoms with Crippen molar-refractivity contribution in [1.82, 2.24) is 4.90 Å². The molecule has 0 saturated carbocycles. The van der Waals surface area contributed by atoms with Gasteiger partial charge in [-0.25, -0.2) is 0 Å². The van der Waals surface area contributed by atoms with Crippen molar-refractivity contribution in [3.05, 3.63) is 36.2 Å². The summed E-state index contributed by atoms with van der Waals surface area (Å²) in [7, 11) is 0. The number of hydrogen-bond donors (Lipinski definition) is 1. The van der Waals surface area contributed by atoms with Crippen molar-refractivity contribution < 1.29 is 9.90 Å². The maximum absolute atomic E-state index is 10.5. The molecule has 3 heteroatoms. The number of unbranched alkanes of at least 4 members (excludes halogenated alkanes) is 2. The Morgan fingerprint density at radius 1 is 1.33 bits per heavy atom. The van der Waals surface area contributed by atoms with Crippen molar-refractivity contribution in [2.75, 3.05) is 6.54 Å². The smallest absolute Gasteiger partial charge is 0.303 e. The standard InChI is InChI=1S/C18H29NO2/c1-6-7-11-16-14(2)18(4,5)15(3)19(16)13-10-8-9-12-17(20)21/h6H,1,3,7-13H2,2,4-5H3,(H,20,21). The quantitative estimate of drug-likeness (QED) is 0.493. The third-order valence-electron chi connectivity index (χ3n) is 4.60. The van der Waals surface area contributed by atoms with Crippen LogP contribution in [0.25, 0.3) is 0 Å². The molecule has 1 rings (SSSR count). The van der Waals surface area contributed by atoms with Gasteiger partial charge in [0.2, 0.25) is 0 Å². The average molecular weight is 291 g/mol. The van der Waals surface area contributed by atoms with Crippen molar-refractivity contribution in [3.63, 3.8) is 0 Å². The normalized spacial score (nSPS) is 17.5. The third kappa shape index (κ3) is 4.23. The summed E-state index contributed by atoms with van der Waals surface area (Å²) in [5.41, 5.74) is 3.97. The molecule has 0 radical (unpaired) electrons. The minimum atomic E-state index is -0.705. The van der Waals surface area contributed by atoms with Crippen LogP contribution < -0.4 is 0 Å². The summed E-state index contributed by atoms with van der Waals surface area (Å²) in [6.07, 6.45) is 6.92. The van der Waals surface area contributed by atoms with Crippen LogP contribution in [0.5, 0.6) is 0 Å². The van der Waals surface area contributed by atoms with E-state index in [0.29, 0.717) is 0 Å². The summed E-state index contributed by atoms with van der Waals surface area (Å²) in [6.45, 7) is 15.7. The van der Waals surface area contributed by atoms with Gasteiger partial charge in [0.25, 0.3) is 0 Å². The average Bonchev–Trinajstić information content (AvgIpc) is 2.57. The van der Waals surface area contributed by atoms with E-state index in [2.05, 4.69) is 38.8 Å². The number of aliphatic carboxylic acids is 1. The van der Waals surface area contributed by atoms with Crippen LogP contribution in [0.4, 0.5) is 0 Å². The first-order chi connectivity index (χ1) is 9.82. The lowest BCUT2D eigenvalue weighted by molar-refractivity contribution is -0.137. The summed E-state index contributed by atoms with van der Waals surface area (Å²) in [5.74, 6) is -0.705. The zero-order chi connectivity index (χ0) is 16.0. The number of rotatable bonds is 9. The molecule has 0 unspecified atom stereocenters. The molecule has 1 aliphatic rings. The molecule has 0 aromatic carbocycles.